The summed E-state index contributed by atoms with van der Waals surface area (Å²) >= 11 is 0. The van der Waals surface area contributed by atoms with E-state index in [2.05, 4.69) is 5.10 Å². The first-order valence-electron chi connectivity index (χ1n) is 5.10. The smallest absolute Gasteiger partial charge is 0.0645 e. The highest BCUT2D eigenvalue weighted by molar-refractivity contribution is 5.30. The Kier molecular flexibility index (Phi) is 2.83. The fourth-order valence-electron chi connectivity index (χ4n) is 1.56. The Morgan fingerprint density at radius 3 is 2.73 bits per heavy atom. The van der Waals surface area contributed by atoms with Crippen molar-refractivity contribution >= 4 is 0 Å². The van der Waals surface area contributed by atoms with Crippen LogP contribution >= 0.6 is 0 Å². The second-order valence-corrected chi connectivity index (χ2v) is 3.81. The van der Waals surface area contributed by atoms with Gasteiger partial charge in [-0.2, -0.15) is 5.10 Å². The number of hydrogen-bond donors (Lipinski definition) is 1. The SMILES string of the molecule is C[C@@H](N)Cc1cnn(-c2ccccc2)c1. The largest absolute Gasteiger partial charge is 0.328 e. The van der Waals surface area contributed by atoms with Gasteiger partial charge in [-0.1, -0.05) is 18.2 Å². The Balaban J connectivity index is 2.21. The van der Waals surface area contributed by atoms with Gasteiger partial charge < -0.3 is 5.73 Å². The summed E-state index contributed by atoms with van der Waals surface area (Å²) in [5, 5.41) is 4.30. The van der Waals surface area contributed by atoms with Crippen molar-refractivity contribution in [3.8, 4) is 5.69 Å². The standard InChI is InChI=1S/C12H15N3/c1-10(13)7-11-8-14-15(9-11)12-5-3-2-4-6-12/h2-6,8-10H,7,13H2,1H3/t10-/m1/s1. The molecule has 0 saturated heterocycles. The Hall–Kier alpha value is -1.61. The van der Waals surface area contributed by atoms with Crippen LogP contribution in [0.5, 0.6) is 0 Å². The molecular weight excluding hydrogens is 186 g/mol. The quantitative estimate of drug-likeness (QED) is 0.822. The Bertz CT molecular complexity index is 417. The van der Waals surface area contributed by atoms with E-state index in [0.717, 1.165) is 12.1 Å². The maximum Gasteiger partial charge on any atom is 0.0645 e. The molecule has 2 aromatic rings. The third-order valence-corrected chi connectivity index (χ3v) is 2.21. The molecule has 2 N–H and O–H groups in total. The zero-order valence-corrected chi connectivity index (χ0v) is 8.80. The molecule has 0 aliphatic rings. The summed E-state index contributed by atoms with van der Waals surface area (Å²) in [5.74, 6) is 0. The lowest BCUT2D eigenvalue weighted by atomic mass is 10.1. The van der Waals surface area contributed by atoms with Crippen LogP contribution in [0.1, 0.15) is 12.5 Å². The van der Waals surface area contributed by atoms with Crippen LogP contribution in [0.3, 0.4) is 0 Å². The lowest BCUT2D eigenvalue weighted by Gasteiger charge is -2.01. The van der Waals surface area contributed by atoms with Gasteiger partial charge in [0.2, 0.25) is 0 Å². The van der Waals surface area contributed by atoms with Crippen LogP contribution in [0, 0.1) is 0 Å². The van der Waals surface area contributed by atoms with Crippen LogP contribution in [0.4, 0.5) is 0 Å². The lowest BCUT2D eigenvalue weighted by molar-refractivity contribution is 0.738. The van der Waals surface area contributed by atoms with Crippen molar-refractivity contribution in [1.29, 1.82) is 0 Å². The molecule has 3 nitrogen and oxygen atoms in total. The van der Waals surface area contributed by atoms with E-state index in [-0.39, 0.29) is 6.04 Å². The van der Waals surface area contributed by atoms with Gasteiger partial charge in [-0.05, 0) is 31.0 Å². The van der Waals surface area contributed by atoms with Crippen LogP contribution < -0.4 is 5.73 Å². The van der Waals surface area contributed by atoms with Crippen LogP contribution in [0.2, 0.25) is 0 Å². The van der Waals surface area contributed by atoms with Gasteiger partial charge in [0.25, 0.3) is 0 Å². The number of rotatable bonds is 3. The second kappa shape index (κ2) is 4.28. The highest BCUT2D eigenvalue weighted by Crippen LogP contribution is 2.08. The second-order valence-electron chi connectivity index (χ2n) is 3.81. The van der Waals surface area contributed by atoms with Crippen molar-refractivity contribution in [3.05, 3.63) is 48.3 Å². The molecule has 0 bridgehead atoms. The average molecular weight is 201 g/mol. The van der Waals surface area contributed by atoms with Crippen molar-refractivity contribution in [2.24, 2.45) is 5.73 Å². The first kappa shape index (κ1) is 9.93. The number of para-hydroxylation sites is 1. The van der Waals surface area contributed by atoms with E-state index in [1.165, 1.54) is 5.56 Å². The van der Waals surface area contributed by atoms with Gasteiger partial charge in [-0.25, -0.2) is 4.68 Å². The van der Waals surface area contributed by atoms with Crippen molar-refractivity contribution in [2.75, 3.05) is 0 Å². The van der Waals surface area contributed by atoms with Crippen LogP contribution in [0.15, 0.2) is 42.7 Å². The molecule has 1 atom stereocenters. The normalized spacial score (nSPS) is 12.7. The molecule has 0 aliphatic carbocycles. The Labute approximate surface area is 89.5 Å². The molecule has 3 heteroatoms. The minimum absolute atomic E-state index is 0.179. The molecule has 1 heterocycles. The molecule has 78 valence electrons. The fourth-order valence-corrected chi connectivity index (χ4v) is 1.56. The van der Waals surface area contributed by atoms with E-state index in [1.54, 1.807) is 0 Å². The van der Waals surface area contributed by atoms with Gasteiger partial charge in [-0.3, -0.25) is 0 Å². The molecule has 0 radical (unpaired) electrons. The minimum atomic E-state index is 0.179. The molecule has 0 amide bonds. The van der Waals surface area contributed by atoms with Gasteiger partial charge in [0.1, 0.15) is 0 Å². The summed E-state index contributed by atoms with van der Waals surface area (Å²) in [5.41, 5.74) is 7.99. The van der Waals surface area contributed by atoms with E-state index in [1.807, 2.05) is 54.3 Å². The van der Waals surface area contributed by atoms with Gasteiger partial charge in [0.05, 0.1) is 11.9 Å². The summed E-state index contributed by atoms with van der Waals surface area (Å²) in [4.78, 5) is 0. The van der Waals surface area contributed by atoms with Crippen molar-refractivity contribution in [1.82, 2.24) is 9.78 Å². The minimum Gasteiger partial charge on any atom is -0.328 e. The molecule has 1 aromatic heterocycles. The fraction of sp³-hybridized carbons (Fsp3) is 0.250. The van der Waals surface area contributed by atoms with Gasteiger partial charge in [0.15, 0.2) is 0 Å². The summed E-state index contributed by atoms with van der Waals surface area (Å²) in [6, 6.07) is 10.2. The molecule has 0 fully saturated rings. The van der Waals surface area contributed by atoms with Gasteiger partial charge >= 0.3 is 0 Å². The van der Waals surface area contributed by atoms with Gasteiger partial charge in [0, 0.05) is 12.2 Å². The summed E-state index contributed by atoms with van der Waals surface area (Å²) in [6.45, 7) is 2.00. The summed E-state index contributed by atoms with van der Waals surface area (Å²) in [7, 11) is 0. The summed E-state index contributed by atoms with van der Waals surface area (Å²) in [6.07, 6.45) is 4.77. The molecule has 2 rings (SSSR count). The molecule has 0 spiro atoms. The van der Waals surface area contributed by atoms with Crippen molar-refractivity contribution in [2.45, 2.75) is 19.4 Å². The average Bonchev–Trinajstić information content (AvgIpc) is 2.67. The van der Waals surface area contributed by atoms with E-state index < -0.39 is 0 Å². The monoisotopic (exact) mass is 201 g/mol. The van der Waals surface area contributed by atoms with E-state index in [9.17, 15) is 0 Å². The molecule has 0 unspecified atom stereocenters. The summed E-state index contributed by atoms with van der Waals surface area (Å²) < 4.78 is 1.87. The predicted molar refractivity (Wildman–Crippen MR) is 60.9 cm³/mol. The van der Waals surface area contributed by atoms with E-state index in [4.69, 9.17) is 5.73 Å². The highest BCUT2D eigenvalue weighted by atomic mass is 15.3. The molecule has 15 heavy (non-hydrogen) atoms. The van der Waals surface area contributed by atoms with Crippen molar-refractivity contribution in [3.63, 3.8) is 0 Å². The first-order chi connectivity index (χ1) is 7.25. The number of nitrogens with zero attached hydrogens (tertiary/aromatic N) is 2. The zero-order chi connectivity index (χ0) is 10.7. The predicted octanol–water partition coefficient (Wildman–Crippen LogP) is 1.76. The highest BCUT2D eigenvalue weighted by Gasteiger charge is 2.02. The number of benzene rings is 1. The number of nitrogens with two attached hydrogens (primary N) is 1. The van der Waals surface area contributed by atoms with E-state index >= 15 is 0 Å². The maximum atomic E-state index is 5.74. The Morgan fingerprint density at radius 2 is 2.07 bits per heavy atom. The first-order valence-corrected chi connectivity index (χ1v) is 5.10. The zero-order valence-electron chi connectivity index (χ0n) is 8.80. The topological polar surface area (TPSA) is 43.8 Å². The maximum absolute atomic E-state index is 5.74. The van der Waals surface area contributed by atoms with Crippen molar-refractivity contribution < 1.29 is 0 Å². The van der Waals surface area contributed by atoms with Gasteiger partial charge in [-0.15, -0.1) is 0 Å². The third kappa shape index (κ3) is 2.44. The van der Waals surface area contributed by atoms with Crippen LogP contribution in [-0.2, 0) is 6.42 Å². The number of aromatic nitrogens is 2. The van der Waals surface area contributed by atoms with Crippen LogP contribution in [-0.4, -0.2) is 15.8 Å². The molecule has 0 aliphatic heterocycles. The van der Waals surface area contributed by atoms with Crippen LogP contribution in [0.25, 0.3) is 5.69 Å². The third-order valence-electron chi connectivity index (χ3n) is 2.21. The lowest BCUT2D eigenvalue weighted by Crippen LogP contribution is -2.17. The Morgan fingerprint density at radius 1 is 1.33 bits per heavy atom. The molecule has 0 saturated carbocycles. The number of hydrogen-bond acceptors (Lipinski definition) is 2. The molecular formula is C12H15N3. The molecule has 1 aromatic carbocycles. The van der Waals surface area contributed by atoms with E-state index in [0.29, 0.717) is 0 Å².